The number of hydrogen-bond donors (Lipinski definition) is 0. The number of fused-ring (bicyclic) bond motifs is 5. The molecule has 0 spiro atoms. The number of imidazole rings is 1. The highest BCUT2D eigenvalue weighted by atomic mass is 16.1. The Labute approximate surface area is 249 Å². The van der Waals surface area contributed by atoms with Gasteiger partial charge in [0, 0.05) is 12.0 Å². The normalized spacial score (nSPS) is 35.4. The average Bonchev–Trinajstić information content (AvgIpc) is 3.57. The number of hydrogen-bond acceptors (Lipinski definition) is 1. The molecule has 6 rings (SSSR count). The van der Waals surface area contributed by atoms with Gasteiger partial charge in [-0.2, -0.15) is 0 Å². The molecule has 8 atom stereocenters. The van der Waals surface area contributed by atoms with Crippen LogP contribution in [-0.4, -0.2) is 10.4 Å². The number of Topliss-reactive ketones (excluding diaryl/α,β-unsaturated/α-hetero) is 1. The number of aromatic nitrogens is 2. The van der Waals surface area contributed by atoms with Gasteiger partial charge < -0.3 is 0 Å². The van der Waals surface area contributed by atoms with Crippen LogP contribution in [0.15, 0.2) is 60.7 Å². The number of carbonyl (C=O) groups is 1. The Balaban J connectivity index is 1.12. The van der Waals surface area contributed by atoms with Gasteiger partial charge in [0.15, 0.2) is 6.54 Å². The van der Waals surface area contributed by atoms with E-state index in [1.807, 2.05) is 30.3 Å². The molecule has 2 aromatic rings. The van der Waals surface area contributed by atoms with Crippen LogP contribution < -0.4 is 4.57 Å². The summed E-state index contributed by atoms with van der Waals surface area (Å²) >= 11 is 0. The van der Waals surface area contributed by atoms with Gasteiger partial charge in [-0.3, -0.25) is 4.79 Å². The maximum atomic E-state index is 12.8. The summed E-state index contributed by atoms with van der Waals surface area (Å²) in [5.74, 6) is 5.52. The molecule has 4 aliphatic carbocycles. The van der Waals surface area contributed by atoms with Crippen molar-refractivity contribution in [3.63, 3.8) is 0 Å². The zero-order valence-corrected chi connectivity index (χ0v) is 26.5. The third-order valence-corrected chi connectivity index (χ3v) is 12.8. The van der Waals surface area contributed by atoms with Crippen LogP contribution in [0.25, 0.3) is 0 Å². The molecule has 1 heterocycles. The summed E-state index contributed by atoms with van der Waals surface area (Å²) in [7, 11) is 0. The molecule has 0 radical (unpaired) electrons. The first-order valence-electron chi connectivity index (χ1n) is 17.0. The molecule has 222 valence electrons. The van der Waals surface area contributed by atoms with Gasteiger partial charge in [-0.1, -0.05) is 95.9 Å². The Kier molecular flexibility index (Phi) is 8.11. The topological polar surface area (TPSA) is 25.9 Å². The van der Waals surface area contributed by atoms with E-state index in [4.69, 9.17) is 0 Å². The summed E-state index contributed by atoms with van der Waals surface area (Å²) in [4.78, 5) is 12.8. The molecule has 41 heavy (non-hydrogen) atoms. The first-order chi connectivity index (χ1) is 19.7. The molecule has 1 aromatic carbocycles. The van der Waals surface area contributed by atoms with Gasteiger partial charge in [-0.15, -0.1) is 0 Å². The number of allylic oxidation sites excluding steroid dienone is 2. The number of ketones is 1. The molecule has 1 aromatic heterocycles. The largest absolute Gasteiger partial charge is 0.290 e. The van der Waals surface area contributed by atoms with Crippen LogP contribution in [0, 0.1) is 46.3 Å². The van der Waals surface area contributed by atoms with Crippen molar-refractivity contribution in [2.24, 2.45) is 46.3 Å². The third kappa shape index (κ3) is 5.40. The van der Waals surface area contributed by atoms with Crippen LogP contribution in [0.4, 0.5) is 0 Å². The van der Waals surface area contributed by atoms with Crippen LogP contribution in [0.2, 0.25) is 0 Å². The van der Waals surface area contributed by atoms with E-state index < -0.39 is 0 Å². The first-order valence-corrected chi connectivity index (χ1v) is 17.0. The second-order valence-electron chi connectivity index (χ2n) is 15.5. The smallest absolute Gasteiger partial charge is 0.244 e. The Morgan fingerprint density at radius 1 is 1.00 bits per heavy atom. The van der Waals surface area contributed by atoms with Crippen LogP contribution in [-0.2, 0) is 6.54 Å². The number of nitrogens with zero attached hydrogens (tertiary/aromatic N) is 2. The molecule has 0 saturated heterocycles. The minimum Gasteiger partial charge on any atom is -0.290 e. The second kappa shape index (κ2) is 11.5. The van der Waals surface area contributed by atoms with Crippen molar-refractivity contribution in [3.8, 4) is 0 Å². The Bertz CT molecular complexity index is 1240. The SMILES string of the molecule is CC(C)CCC[C@@H](C)[C@H]1CC[C@H]2[C@@H]3CC=C4C[C@@H](n5cc[n+](CC(=O)c6ccccc6)c5)CC[C@]4(C)[C@H]3CC[C@]12C. The summed E-state index contributed by atoms with van der Waals surface area (Å²) in [6, 6.07) is 10.2. The van der Waals surface area contributed by atoms with E-state index in [1.54, 1.807) is 5.57 Å². The lowest BCUT2D eigenvalue weighted by Gasteiger charge is -2.58. The fraction of sp³-hybridized carbons (Fsp3) is 0.684. The van der Waals surface area contributed by atoms with E-state index in [9.17, 15) is 4.79 Å². The quantitative estimate of drug-likeness (QED) is 0.172. The highest BCUT2D eigenvalue weighted by molar-refractivity contribution is 5.94. The number of benzene rings is 1. The molecule has 3 heteroatoms. The number of carbonyl (C=O) groups excluding carboxylic acids is 1. The molecule has 3 nitrogen and oxygen atoms in total. The highest BCUT2D eigenvalue weighted by Crippen LogP contribution is 2.67. The summed E-state index contributed by atoms with van der Waals surface area (Å²) in [6.45, 7) is 13.1. The predicted molar refractivity (Wildman–Crippen MR) is 167 cm³/mol. The van der Waals surface area contributed by atoms with Gasteiger partial charge in [0.25, 0.3) is 0 Å². The van der Waals surface area contributed by atoms with E-state index in [0.717, 1.165) is 41.1 Å². The maximum absolute atomic E-state index is 12.8. The Morgan fingerprint density at radius 3 is 2.59 bits per heavy atom. The van der Waals surface area contributed by atoms with Gasteiger partial charge >= 0.3 is 0 Å². The van der Waals surface area contributed by atoms with Crippen LogP contribution in [0.1, 0.15) is 122 Å². The van der Waals surface area contributed by atoms with E-state index in [0.29, 0.717) is 23.4 Å². The summed E-state index contributed by atoms with van der Waals surface area (Å²) in [5.41, 5.74) is 3.48. The summed E-state index contributed by atoms with van der Waals surface area (Å²) in [6.07, 6.45) is 24.3. The third-order valence-electron chi connectivity index (χ3n) is 12.8. The number of rotatable bonds is 9. The fourth-order valence-electron chi connectivity index (χ4n) is 10.5. The van der Waals surface area contributed by atoms with Crippen LogP contribution in [0.3, 0.4) is 0 Å². The molecule has 0 bridgehead atoms. The summed E-state index contributed by atoms with van der Waals surface area (Å²) < 4.78 is 4.46. The van der Waals surface area contributed by atoms with Crippen molar-refractivity contribution in [2.45, 2.75) is 118 Å². The Morgan fingerprint density at radius 2 is 1.80 bits per heavy atom. The Hall–Kier alpha value is -2.16. The van der Waals surface area contributed by atoms with Gasteiger partial charge in [-0.25, -0.2) is 9.13 Å². The van der Waals surface area contributed by atoms with Crippen molar-refractivity contribution in [3.05, 3.63) is 66.3 Å². The lowest BCUT2D eigenvalue weighted by atomic mass is 9.47. The molecular weight excluding hydrogens is 500 g/mol. The van der Waals surface area contributed by atoms with Crippen LogP contribution in [0.5, 0.6) is 0 Å². The second-order valence-corrected chi connectivity index (χ2v) is 15.5. The monoisotopic (exact) mass is 555 g/mol. The minimum absolute atomic E-state index is 0.175. The van der Waals surface area contributed by atoms with E-state index in [2.05, 4.69) is 68.5 Å². The molecule has 0 aliphatic heterocycles. The van der Waals surface area contributed by atoms with Gasteiger partial charge in [-0.05, 0) is 91.3 Å². The van der Waals surface area contributed by atoms with Crippen molar-refractivity contribution in [1.82, 2.24) is 4.57 Å². The lowest BCUT2D eigenvalue weighted by molar-refractivity contribution is -0.682. The maximum Gasteiger partial charge on any atom is 0.244 e. The van der Waals surface area contributed by atoms with E-state index in [1.165, 1.54) is 70.6 Å². The van der Waals surface area contributed by atoms with E-state index in [-0.39, 0.29) is 5.78 Å². The average molecular weight is 556 g/mol. The molecule has 4 aliphatic rings. The summed E-state index contributed by atoms with van der Waals surface area (Å²) in [5, 5.41) is 0. The lowest BCUT2D eigenvalue weighted by Crippen LogP contribution is -2.50. The zero-order valence-electron chi connectivity index (χ0n) is 26.5. The van der Waals surface area contributed by atoms with Crippen molar-refractivity contribution in [2.75, 3.05) is 0 Å². The van der Waals surface area contributed by atoms with Gasteiger partial charge in [0.2, 0.25) is 12.1 Å². The van der Waals surface area contributed by atoms with Crippen molar-refractivity contribution >= 4 is 5.78 Å². The zero-order chi connectivity index (χ0) is 28.8. The highest BCUT2D eigenvalue weighted by Gasteiger charge is 2.59. The molecule has 3 fully saturated rings. The van der Waals surface area contributed by atoms with E-state index >= 15 is 0 Å². The van der Waals surface area contributed by atoms with Crippen molar-refractivity contribution in [1.29, 1.82) is 0 Å². The first kappa shape index (κ1) is 28.9. The van der Waals surface area contributed by atoms with Gasteiger partial charge in [0.05, 0.1) is 0 Å². The van der Waals surface area contributed by atoms with Crippen LogP contribution >= 0.6 is 0 Å². The molecule has 0 unspecified atom stereocenters. The predicted octanol–water partition coefficient (Wildman–Crippen LogP) is 9.24. The molecule has 0 amide bonds. The molecular formula is C38H55N2O+. The van der Waals surface area contributed by atoms with Gasteiger partial charge in [0.1, 0.15) is 18.4 Å². The fourth-order valence-corrected chi connectivity index (χ4v) is 10.5. The minimum atomic E-state index is 0.175. The molecule has 0 N–H and O–H groups in total. The molecule has 3 saturated carbocycles. The standard InChI is InChI=1S/C38H55N2O/c1-27(2)10-9-11-28(3)33-16-17-34-32-15-14-30-24-31(18-20-37(30,4)35(32)19-21-38(33,34)5)40-23-22-39(26-40)25-36(41)29-12-7-6-8-13-29/h6-8,12-14,22-23,26-28,31-35H,9-11,15-21,24-25H2,1-5H3/q+1/t28-,31+,32+,33-,34+,35+,37+,38-/m1/s1. The van der Waals surface area contributed by atoms with Crippen molar-refractivity contribution < 1.29 is 9.36 Å².